The maximum Gasteiger partial charge on any atom is 0.291 e. The zero-order valence-corrected chi connectivity index (χ0v) is 10.2. The number of amides is 1. The Labute approximate surface area is 104 Å². The lowest BCUT2D eigenvalue weighted by atomic mass is 10.3. The fourth-order valence-electron chi connectivity index (χ4n) is 1.84. The highest BCUT2D eigenvalue weighted by molar-refractivity contribution is 5.90. The van der Waals surface area contributed by atoms with E-state index in [1.54, 1.807) is 0 Å². The third-order valence-electron chi connectivity index (χ3n) is 3.02. The van der Waals surface area contributed by atoms with Crippen molar-refractivity contribution in [1.82, 2.24) is 25.1 Å². The predicted octanol–water partition coefficient (Wildman–Crippen LogP) is 0.951. The molecule has 0 saturated heterocycles. The van der Waals surface area contributed by atoms with Crippen LogP contribution in [-0.4, -0.2) is 25.7 Å². The molecule has 2 aromatic rings. The Kier molecular flexibility index (Phi) is 2.62. The molecule has 2 heterocycles. The normalized spacial score (nSPS) is 14.7. The second kappa shape index (κ2) is 4.29. The molecular weight excluding hydrogens is 230 g/mol. The van der Waals surface area contributed by atoms with Crippen LogP contribution in [0.1, 0.15) is 40.8 Å². The van der Waals surface area contributed by atoms with E-state index >= 15 is 0 Å². The van der Waals surface area contributed by atoms with Crippen LogP contribution in [0.5, 0.6) is 0 Å². The van der Waals surface area contributed by atoms with Crippen molar-refractivity contribution in [3.8, 4) is 0 Å². The first-order chi connectivity index (χ1) is 8.72. The highest BCUT2D eigenvalue weighted by Crippen LogP contribution is 2.37. The number of hydrogen-bond acceptors (Lipinski definition) is 3. The fraction of sp³-hybridized carbons (Fsp3) is 0.417. The Morgan fingerprint density at radius 3 is 3.11 bits per heavy atom. The molecule has 6 nitrogen and oxygen atoms in total. The molecular formula is C12H15N5O. The second-order valence-electron chi connectivity index (χ2n) is 4.69. The van der Waals surface area contributed by atoms with E-state index in [1.807, 2.05) is 30.1 Å². The van der Waals surface area contributed by atoms with Crippen molar-refractivity contribution in [3.63, 3.8) is 0 Å². The van der Waals surface area contributed by atoms with Crippen molar-refractivity contribution in [2.45, 2.75) is 25.3 Å². The van der Waals surface area contributed by atoms with Gasteiger partial charge in [0.25, 0.3) is 5.91 Å². The Bertz CT molecular complexity index is 567. The van der Waals surface area contributed by atoms with Crippen molar-refractivity contribution in [1.29, 1.82) is 0 Å². The van der Waals surface area contributed by atoms with Crippen molar-refractivity contribution in [3.05, 3.63) is 35.7 Å². The Morgan fingerprint density at radius 1 is 1.61 bits per heavy atom. The SMILES string of the molecule is Cn1ccc(CNC(=O)c2n[nH]c(C3CC3)n2)c1. The summed E-state index contributed by atoms with van der Waals surface area (Å²) in [5.41, 5.74) is 1.06. The van der Waals surface area contributed by atoms with E-state index in [9.17, 15) is 4.79 Å². The molecule has 1 amide bonds. The summed E-state index contributed by atoms with van der Waals surface area (Å²) >= 11 is 0. The number of hydrogen-bond donors (Lipinski definition) is 2. The highest BCUT2D eigenvalue weighted by Gasteiger charge is 2.28. The maximum absolute atomic E-state index is 11.8. The van der Waals surface area contributed by atoms with Crippen LogP contribution in [0, 0.1) is 0 Å². The summed E-state index contributed by atoms with van der Waals surface area (Å²) in [7, 11) is 1.95. The molecule has 0 atom stereocenters. The molecule has 18 heavy (non-hydrogen) atoms. The van der Waals surface area contributed by atoms with Gasteiger partial charge in [-0.3, -0.25) is 9.89 Å². The Morgan fingerprint density at radius 2 is 2.44 bits per heavy atom. The van der Waals surface area contributed by atoms with Crippen LogP contribution in [0.2, 0.25) is 0 Å². The van der Waals surface area contributed by atoms with Crippen LogP contribution >= 0.6 is 0 Å². The molecule has 2 N–H and O–H groups in total. The predicted molar refractivity (Wildman–Crippen MR) is 64.9 cm³/mol. The first-order valence-corrected chi connectivity index (χ1v) is 6.04. The molecule has 1 fully saturated rings. The van der Waals surface area contributed by atoms with Crippen molar-refractivity contribution < 1.29 is 4.79 Å². The Hall–Kier alpha value is -2.11. The van der Waals surface area contributed by atoms with Gasteiger partial charge >= 0.3 is 0 Å². The van der Waals surface area contributed by atoms with E-state index in [4.69, 9.17) is 0 Å². The fourth-order valence-corrected chi connectivity index (χ4v) is 1.84. The molecule has 1 saturated carbocycles. The van der Waals surface area contributed by atoms with Crippen LogP contribution in [0.4, 0.5) is 0 Å². The maximum atomic E-state index is 11.8. The zero-order valence-electron chi connectivity index (χ0n) is 10.2. The van der Waals surface area contributed by atoms with Gasteiger partial charge in [0.1, 0.15) is 5.82 Å². The van der Waals surface area contributed by atoms with Crippen LogP contribution in [-0.2, 0) is 13.6 Å². The lowest BCUT2D eigenvalue weighted by molar-refractivity contribution is 0.0941. The van der Waals surface area contributed by atoms with Gasteiger partial charge in [0.2, 0.25) is 5.82 Å². The van der Waals surface area contributed by atoms with Gasteiger partial charge in [0.15, 0.2) is 0 Å². The van der Waals surface area contributed by atoms with Crippen LogP contribution in [0.3, 0.4) is 0 Å². The summed E-state index contributed by atoms with van der Waals surface area (Å²) in [6.45, 7) is 0.493. The molecule has 0 unspecified atom stereocenters. The topological polar surface area (TPSA) is 75.6 Å². The first kappa shape index (κ1) is 11.0. The molecule has 0 aromatic carbocycles. The molecule has 1 aliphatic rings. The van der Waals surface area contributed by atoms with Crippen molar-refractivity contribution in [2.24, 2.45) is 7.05 Å². The summed E-state index contributed by atoms with van der Waals surface area (Å²) in [6.07, 6.45) is 6.19. The first-order valence-electron chi connectivity index (χ1n) is 6.04. The standard InChI is InChI=1S/C12H15N5O/c1-17-5-4-8(7-17)6-13-12(18)11-14-10(15-16-11)9-2-3-9/h4-5,7,9H,2-3,6H2,1H3,(H,13,18)(H,14,15,16). The molecule has 0 spiro atoms. The molecule has 0 aliphatic heterocycles. The van der Waals surface area contributed by atoms with Gasteiger partial charge in [-0.15, -0.1) is 5.10 Å². The number of aromatic nitrogens is 4. The van der Waals surface area contributed by atoms with E-state index in [1.165, 1.54) is 0 Å². The minimum absolute atomic E-state index is 0.229. The molecule has 6 heteroatoms. The van der Waals surface area contributed by atoms with E-state index in [2.05, 4.69) is 20.5 Å². The molecule has 1 aliphatic carbocycles. The third-order valence-corrected chi connectivity index (χ3v) is 3.02. The number of carbonyl (C=O) groups excluding carboxylic acids is 1. The number of aryl methyl sites for hydroxylation is 1. The van der Waals surface area contributed by atoms with Crippen LogP contribution in [0.15, 0.2) is 18.5 Å². The largest absolute Gasteiger partial charge is 0.357 e. The highest BCUT2D eigenvalue weighted by atomic mass is 16.2. The second-order valence-corrected chi connectivity index (χ2v) is 4.69. The van der Waals surface area contributed by atoms with E-state index in [0.29, 0.717) is 12.5 Å². The van der Waals surface area contributed by atoms with Gasteiger partial charge in [0.05, 0.1) is 0 Å². The monoisotopic (exact) mass is 245 g/mol. The zero-order chi connectivity index (χ0) is 12.5. The summed E-state index contributed by atoms with van der Waals surface area (Å²) in [4.78, 5) is 16.0. The summed E-state index contributed by atoms with van der Waals surface area (Å²) in [5, 5.41) is 9.57. The van der Waals surface area contributed by atoms with Gasteiger partial charge in [-0.05, 0) is 24.5 Å². The van der Waals surface area contributed by atoms with Crippen molar-refractivity contribution >= 4 is 5.91 Å². The molecule has 0 radical (unpaired) electrons. The van der Waals surface area contributed by atoms with Gasteiger partial charge in [0, 0.05) is 31.9 Å². The average Bonchev–Trinajstić information content (AvgIpc) is 2.94. The van der Waals surface area contributed by atoms with E-state index in [-0.39, 0.29) is 11.7 Å². The molecule has 3 rings (SSSR count). The number of rotatable bonds is 4. The van der Waals surface area contributed by atoms with E-state index < -0.39 is 0 Å². The van der Waals surface area contributed by atoms with Gasteiger partial charge in [-0.2, -0.15) is 0 Å². The average molecular weight is 245 g/mol. The number of nitrogens with one attached hydrogen (secondary N) is 2. The molecule has 0 bridgehead atoms. The van der Waals surface area contributed by atoms with Gasteiger partial charge < -0.3 is 9.88 Å². The lowest BCUT2D eigenvalue weighted by Crippen LogP contribution is -2.23. The van der Waals surface area contributed by atoms with Crippen molar-refractivity contribution in [2.75, 3.05) is 0 Å². The third kappa shape index (κ3) is 2.27. The number of H-pyrrole nitrogens is 1. The quantitative estimate of drug-likeness (QED) is 0.842. The lowest BCUT2D eigenvalue weighted by Gasteiger charge is -1.99. The van der Waals surface area contributed by atoms with Gasteiger partial charge in [-0.1, -0.05) is 0 Å². The summed E-state index contributed by atoms with van der Waals surface area (Å²) < 4.78 is 1.94. The molecule has 94 valence electrons. The minimum Gasteiger partial charge on any atom is -0.357 e. The van der Waals surface area contributed by atoms with E-state index in [0.717, 1.165) is 24.2 Å². The minimum atomic E-state index is -0.234. The van der Waals surface area contributed by atoms with Crippen LogP contribution in [0.25, 0.3) is 0 Å². The number of aromatic amines is 1. The summed E-state index contributed by atoms with van der Waals surface area (Å²) in [6, 6.07) is 1.97. The van der Waals surface area contributed by atoms with Gasteiger partial charge in [-0.25, -0.2) is 4.98 Å². The summed E-state index contributed by atoms with van der Waals surface area (Å²) in [5.74, 6) is 1.31. The smallest absolute Gasteiger partial charge is 0.291 e. The van der Waals surface area contributed by atoms with Crippen LogP contribution < -0.4 is 5.32 Å². The molecule has 2 aromatic heterocycles. The number of carbonyl (C=O) groups is 1. The Balaban J connectivity index is 1.59. The number of nitrogens with zero attached hydrogens (tertiary/aromatic N) is 3.